The molecular weight excluding hydrogens is 350 g/mol. The largest absolute Gasteiger partial charge is 0.354 e. The Kier molecular flexibility index (Phi) is 4.42. The average Bonchev–Trinajstić information content (AvgIpc) is 3.24. The molecule has 0 saturated carbocycles. The summed E-state index contributed by atoms with van der Waals surface area (Å²) in [5.41, 5.74) is 3.32. The van der Waals surface area contributed by atoms with Gasteiger partial charge in [-0.15, -0.1) is 0 Å². The van der Waals surface area contributed by atoms with Gasteiger partial charge in [-0.25, -0.2) is 4.98 Å². The Morgan fingerprint density at radius 1 is 0.893 bits per heavy atom. The summed E-state index contributed by atoms with van der Waals surface area (Å²) < 4.78 is 1.84. The van der Waals surface area contributed by atoms with Gasteiger partial charge in [-0.2, -0.15) is 14.6 Å². The monoisotopic (exact) mass is 371 g/mol. The molecule has 28 heavy (non-hydrogen) atoms. The van der Waals surface area contributed by atoms with Gasteiger partial charge in [0.15, 0.2) is 0 Å². The van der Waals surface area contributed by atoms with E-state index in [0.717, 1.165) is 49.8 Å². The first-order valence-corrected chi connectivity index (χ1v) is 9.49. The summed E-state index contributed by atoms with van der Waals surface area (Å²) >= 11 is 0. The lowest BCUT2D eigenvalue weighted by Gasteiger charge is -2.36. The van der Waals surface area contributed by atoms with Crippen molar-refractivity contribution in [2.45, 2.75) is 6.54 Å². The Bertz CT molecular complexity index is 1050. The molecule has 0 N–H and O–H groups in total. The smallest absolute Gasteiger partial charge is 0.254 e. The normalized spacial score (nSPS) is 15.2. The summed E-state index contributed by atoms with van der Waals surface area (Å²) in [6.45, 7) is 4.85. The van der Waals surface area contributed by atoms with Gasteiger partial charge in [-0.1, -0.05) is 30.3 Å². The maximum absolute atomic E-state index is 4.68. The standard InChI is InChI=1S/C21H21N7/c1-2-4-18(5-3-1)19-14-20(28-21(25-19)23-16-24-28)27-12-10-26(11-13-27)15-17-6-8-22-9-7-17/h1-9,14,16H,10-13,15H2. The summed E-state index contributed by atoms with van der Waals surface area (Å²) in [5.74, 6) is 1.68. The fourth-order valence-electron chi connectivity index (χ4n) is 3.66. The van der Waals surface area contributed by atoms with Gasteiger partial charge in [0.25, 0.3) is 5.78 Å². The summed E-state index contributed by atoms with van der Waals surface area (Å²) in [5, 5.41) is 4.40. The lowest BCUT2D eigenvalue weighted by molar-refractivity contribution is 0.249. The highest BCUT2D eigenvalue weighted by Crippen LogP contribution is 2.24. The zero-order chi connectivity index (χ0) is 18.8. The molecule has 0 bridgehead atoms. The van der Waals surface area contributed by atoms with Crippen LogP contribution in [0, 0.1) is 0 Å². The third kappa shape index (κ3) is 3.32. The molecule has 0 unspecified atom stereocenters. The molecule has 0 radical (unpaired) electrons. The van der Waals surface area contributed by atoms with E-state index in [4.69, 9.17) is 0 Å². The molecule has 7 nitrogen and oxygen atoms in total. The van der Waals surface area contributed by atoms with Crippen LogP contribution in [0.4, 0.5) is 5.82 Å². The molecule has 1 aromatic carbocycles. The molecule has 4 heterocycles. The molecule has 3 aromatic heterocycles. The average molecular weight is 371 g/mol. The van der Waals surface area contributed by atoms with Gasteiger partial charge in [-0.05, 0) is 17.7 Å². The quantitative estimate of drug-likeness (QED) is 0.549. The van der Waals surface area contributed by atoms with Crippen LogP contribution < -0.4 is 4.90 Å². The Balaban J connectivity index is 1.38. The molecular formula is C21H21N7. The highest BCUT2D eigenvalue weighted by atomic mass is 15.4. The van der Waals surface area contributed by atoms with Crippen LogP contribution in [0.25, 0.3) is 17.0 Å². The Morgan fingerprint density at radius 3 is 2.46 bits per heavy atom. The third-order valence-electron chi connectivity index (χ3n) is 5.15. The van der Waals surface area contributed by atoms with E-state index in [1.165, 1.54) is 5.56 Å². The van der Waals surface area contributed by atoms with E-state index >= 15 is 0 Å². The molecule has 0 atom stereocenters. The number of benzene rings is 1. The minimum Gasteiger partial charge on any atom is -0.354 e. The van der Waals surface area contributed by atoms with Crippen LogP contribution in [0.3, 0.4) is 0 Å². The zero-order valence-corrected chi connectivity index (χ0v) is 15.5. The second kappa shape index (κ2) is 7.36. The molecule has 1 saturated heterocycles. The van der Waals surface area contributed by atoms with Crippen LogP contribution in [0.5, 0.6) is 0 Å². The Hall–Kier alpha value is -3.32. The number of piperazine rings is 1. The molecule has 1 aliphatic rings. The van der Waals surface area contributed by atoms with E-state index in [-0.39, 0.29) is 0 Å². The van der Waals surface area contributed by atoms with Gasteiger partial charge in [0.05, 0.1) is 5.69 Å². The number of hydrogen-bond acceptors (Lipinski definition) is 6. The summed E-state index contributed by atoms with van der Waals surface area (Å²) in [4.78, 5) is 18.0. The second-order valence-corrected chi connectivity index (χ2v) is 6.96. The molecule has 140 valence electrons. The van der Waals surface area contributed by atoms with E-state index < -0.39 is 0 Å². The van der Waals surface area contributed by atoms with Crippen LogP contribution in [-0.2, 0) is 6.54 Å². The van der Waals surface area contributed by atoms with Crippen LogP contribution >= 0.6 is 0 Å². The lowest BCUT2D eigenvalue weighted by atomic mass is 10.1. The number of aromatic nitrogens is 5. The van der Waals surface area contributed by atoms with E-state index in [0.29, 0.717) is 5.78 Å². The zero-order valence-electron chi connectivity index (χ0n) is 15.5. The van der Waals surface area contributed by atoms with Crippen molar-refractivity contribution in [2.75, 3.05) is 31.1 Å². The van der Waals surface area contributed by atoms with E-state index in [9.17, 15) is 0 Å². The van der Waals surface area contributed by atoms with E-state index in [1.54, 1.807) is 6.33 Å². The fourth-order valence-corrected chi connectivity index (χ4v) is 3.66. The predicted octanol–water partition coefficient (Wildman–Crippen LogP) is 2.51. The van der Waals surface area contributed by atoms with Crippen LogP contribution in [0.2, 0.25) is 0 Å². The SMILES string of the molecule is c1ccc(-c2cc(N3CCN(Cc4ccncc4)CC3)n3ncnc3n2)cc1. The predicted molar refractivity (Wildman–Crippen MR) is 108 cm³/mol. The van der Waals surface area contributed by atoms with Crippen LogP contribution in [-0.4, -0.2) is 55.6 Å². The first kappa shape index (κ1) is 16.8. The first-order valence-electron chi connectivity index (χ1n) is 9.49. The summed E-state index contributed by atoms with van der Waals surface area (Å²) in [7, 11) is 0. The van der Waals surface area contributed by atoms with Gasteiger partial charge in [0.1, 0.15) is 12.1 Å². The number of pyridine rings is 1. The maximum Gasteiger partial charge on any atom is 0.254 e. The summed E-state index contributed by atoms with van der Waals surface area (Å²) in [6.07, 6.45) is 5.28. The molecule has 0 aliphatic carbocycles. The van der Waals surface area contributed by atoms with Crippen molar-refractivity contribution in [3.63, 3.8) is 0 Å². The number of anilines is 1. The third-order valence-corrected chi connectivity index (χ3v) is 5.15. The molecule has 4 aromatic rings. The number of rotatable bonds is 4. The second-order valence-electron chi connectivity index (χ2n) is 6.96. The van der Waals surface area contributed by atoms with Crippen molar-refractivity contribution in [1.82, 2.24) is 29.5 Å². The van der Waals surface area contributed by atoms with Crippen molar-refractivity contribution in [3.05, 3.63) is 72.8 Å². The van der Waals surface area contributed by atoms with Crippen molar-refractivity contribution >= 4 is 11.6 Å². The van der Waals surface area contributed by atoms with Gasteiger partial charge in [-0.3, -0.25) is 9.88 Å². The van der Waals surface area contributed by atoms with Gasteiger partial charge >= 0.3 is 0 Å². The van der Waals surface area contributed by atoms with E-state index in [1.807, 2.05) is 35.1 Å². The number of hydrogen-bond donors (Lipinski definition) is 0. The topological polar surface area (TPSA) is 62.5 Å². The molecule has 7 heteroatoms. The Morgan fingerprint density at radius 2 is 1.68 bits per heavy atom. The minimum atomic E-state index is 0.635. The first-order chi connectivity index (χ1) is 13.9. The molecule has 1 fully saturated rings. The maximum atomic E-state index is 4.68. The van der Waals surface area contributed by atoms with Crippen molar-refractivity contribution < 1.29 is 0 Å². The van der Waals surface area contributed by atoms with Crippen molar-refractivity contribution in [2.24, 2.45) is 0 Å². The van der Waals surface area contributed by atoms with E-state index in [2.05, 4.69) is 60.2 Å². The molecule has 0 spiro atoms. The number of fused-ring (bicyclic) bond motifs is 1. The number of nitrogens with zero attached hydrogens (tertiary/aromatic N) is 7. The Labute approximate surface area is 163 Å². The van der Waals surface area contributed by atoms with Crippen LogP contribution in [0.1, 0.15) is 5.56 Å². The van der Waals surface area contributed by atoms with Gasteiger partial charge in [0, 0.05) is 56.7 Å². The van der Waals surface area contributed by atoms with Crippen molar-refractivity contribution in [3.8, 4) is 11.3 Å². The summed E-state index contributed by atoms with van der Waals surface area (Å²) in [6, 6.07) is 16.5. The highest BCUT2D eigenvalue weighted by molar-refractivity contribution is 5.65. The van der Waals surface area contributed by atoms with Gasteiger partial charge < -0.3 is 4.90 Å². The molecule has 1 aliphatic heterocycles. The molecule has 0 amide bonds. The highest BCUT2D eigenvalue weighted by Gasteiger charge is 2.21. The molecule has 5 rings (SSSR count). The minimum absolute atomic E-state index is 0.635. The van der Waals surface area contributed by atoms with Crippen molar-refractivity contribution in [1.29, 1.82) is 0 Å². The lowest BCUT2D eigenvalue weighted by Crippen LogP contribution is -2.46. The fraction of sp³-hybridized carbons (Fsp3) is 0.238. The van der Waals surface area contributed by atoms with Crippen LogP contribution in [0.15, 0.2) is 67.3 Å². The van der Waals surface area contributed by atoms with Gasteiger partial charge in [0.2, 0.25) is 0 Å².